The number of hydrogen-bond acceptors (Lipinski definition) is 4. The molecule has 1 aromatic carbocycles. The predicted octanol–water partition coefficient (Wildman–Crippen LogP) is 2.26. The third-order valence-electron chi connectivity index (χ3n) is 6.49. The van der Waals surface area contributed by atoms with Crippen molar-refractivity contribution < 1.29 is 23.1 Å². The van der Waals surface area contributed by atoms with Crippen LogP contribution in [0.1, 0.15) is 40.9 Å². The second-order valence-corrected chi connectivity index (χ2v) is 8.35. The Bertz CT molecular complexity index is 1050. The Balaban J connectivity index is 1.48. The van der Waals surface area contributed by atoms with Crippen molar-refractivity contribution in [1.82, 2.24) is 14.8 Å². The number of aromatic nitrogens is 1. The van der Waals surface area contributed by atoms with Gasteiger partial charge in [0.15, 0.2) is 0 Å². The standard InChI is InChI=1S/C22H24F3N3O3/c1-14(22(23,24)25)28-8-6-15(10-19(28)30)20(31)27-9-7-21(18(29)13-27)11-16-4-2-3-5-17(16)12-26-21/h2-6,8,10,14,18,26,29H,7,9,11-13H2,1H3/t14?,18-,21+/m1/s1. The van der Waals surface area contributed by atoms with Crippen LogP contribution in [-0.4, -0.2) is 51.4 Å². The lowest BCUT2D eigenvalue weighted by atomic mass is 9.76. The van der Waals surface area contributed by atoms with Crippen molar-refractivity contribution in [2.75, 3.05) is 13.1 Å². The van der Waals surface area contributed by atoms with E-state index in [-0.39, 0.29) is 12.1 Å². The summed E-state index contributed by atoms with van der Waals surface area (Å²) < 4.78 is 39.3. The Morgan fingerprint density at radius 3 is 2.61 bits per heavy atom. The van der Waals surface area contributed by atoms with Gasteiger partial charge in [0.25, 0.3) is 11.5 Å². The van der Waals surface area contributed by atoms with Crippen molar-refractivity contribution in [2.45, 2.75) is 50.2 Å². The van der Waals surface area contributed by atoms with Crippen LogP contribution in [0.5, 0.6) is 0 Å². The molecule has 3 atom stereocenters. The number of benzene rings is 1. The van der Waals surface area contributed by atoms with Gasteiger partial charge >= 0.3 is 6.18 Å². The molecule has 0 radical (unpaired) electrons. The monoisotopic (exact) mass is 435 g/mol. The molecule has 1 aromatic heterocycles. The molecule has 0 aliphatic carbocycles. The molecule has 2 N–H and O–H groups in total. The summed E-state index contributed by atoms with van der Waals surface area (Å²) in [5, 5.41) is 14.3. The summed E-state index contributed by atoms with van der Waals surface area (Å²) in [7, 11) is 0. The molecule has 0 saturated carbocycles. The molecule has 31 heavy (non-hydrogen) atoms. The van der Waals surface area contributed by atoms with E-state index in [0.717, 1.165) is 19.2 Å². The van der Waals surface area contributed by atoms with Crippen molar-refractivity contribution in [1.29, 1.82) is 0 Å². The molecule has 2 aromatic rings. The average molecular weight is 435 g/mol. The summed E-state index contributed by atoms with van der Waals surface area (Å²) >= 11 is 0. The van der Waals surface area contributed by atoms with E-state index < -0.39 is 35.3 Å². The topological polar surface area (TPSA) is 74.6 Å². The number of β-amino-alcohol motifs (C(OH)–C–C–N with tert-alkyl or cyclic N) is 1. The number of rotatable bonds is 2. The van der Waals surface area contributed by atoms with Gasteiger partial charge < -0.3 is 19.9 Å². The molecular weight excluding hydrogens is 411 g/mol. The Labute approximate surface area is 177 Å². The van der Waals surface area contributed by atoms with E-state index in [1.807, 2.05) is 24.3 Å². The number of likely N-dealkylation sites (tertiary alicyclic amines) is 1. The lowest BCUT2D eigenvalue weighted by Gasteiger charge is -2.48. The molecular formula is C22H24F3N3O3. The second-order valence-electron chi connectivity index (χ2n) is 8.35. The van der Waals surface area contributed by atoms with Crippen LogP contribution in [0.2, 0.25) is 0 Å². The first-order valence-corrected chi connectivity index (χ1v) is 10.2. The molecule has 9 heteroatoms. The SMILES string of the molecule is CC(n1ccc(C(=O)N2CC[C@]3(Cc4ccccc4CN3)[C@H](O)C2)cc1=O)C(F)(F)F. The van der Waals surface area contributed by atoms with E-state index in [2.05, 4.69) is 5.32 Å². The second kappa shape index (κ2) is 7.80. The minimum atomic E-state index is -4.56. The maximum Gasteiger partial charge on any atom is 0.408 e. The predicted molar refractivity (Wildman–Crippen MR) is 108 cm³/mol. The first-order chi connectivity index (χ1) is 14.6. The summed E-state index contributed by atoms with van der Waals surface area (Å²) in [6.07, 6.45) is -3.21. The fourth-order valence-electron chi connectivity index (χ4n) is 4.43. The highest BCUT2D eigenvalue weighted by Crippen LogP contribution is 2.33. The van der Waals surface area contributed by atoms with E-state index in [4.69, 9.17) is 0 Å². The van der Waals surface area contributed by atoms with E-state index in [1.165, 1.54) is 22.1 Å². The molecule has 1 amide bonds. The third-order valence-corrected chi connectivity index (χ3v) is 6.49. The number of hydrogen-bond donors (Lipinski definition) is 2. The maximum absolute atomic E-state index is 12.9. The number of carbonyl (C=O) groups is 1. The largest absolute Gasteiger partial charge is 0.408 e. The van der Waals surface area contributed by atoms with Gasteiger partial charge in [-0.3, -0.25) is 9.59 Å². The number of nitrogens with zero attached hydrogens (tertiary/aromatic N) is 2. The van der Waals surface area contributed by atoms with Crippen LogP contribution in [0, 0.1) is 0 Å². The third kappa shape index (κ3) is 3.99. The first kappa shape index (κ1) is 21.6. The smallest absolute Gasteiger partial charge is 0.389 e. The lowest BCUT2D eigenvalue weighted by molar-refractivity contribution is -0.163. The highest BCUT2D eigenvalue weighted by molar-refractivity contribution is 5.94. The Morgan fingerprint density at radius 1 is 1.26 bits per heavy atom. The van der Waals surface area contributed by atoms with Gasteiger partial charge in [0, 0.05) is 37.5 Å². The normalized spacial score (nSPS) is 24.7. The summed E-state index contributed by atoms with van der Waals surface area (Å²) in [4.78, 5) is 26.5. The number of nitrogens with one attached hydrogen (secondary N) is 1. The number of aliphatic hydroxyl groups is 1. The molecule has 2 aliphatic heterocycles. The summed E-state index contributed by atoms with van der Waals surface area (Å²) in [6.45, 7) is 1.97. The average Bonchev–Trinajstić information content (AvgIpc) is 2.74. The van der Waals surface area contributed by atoms with Gasteiger partial charge in [0.05, 0.1) is 11.6 Å². The van der Waals surface area contributed by atoms with Crippen LogP contribution in [0.15, 0.2) is 47.4 Å². The van der Waals surface area contributed by atoms with Gasteiger partial charge in [0.1, 0.15) is 6.04 Å². The van der Waals surface area contributed by atoms with E-state index in [0.29, 0.717) is 30.5 Å². The Morgan fingerprint density at radius 2 is 1.97 bits per heavy atom. The number of piperidine rings is 1. The number of pyridine rings is 1. The van der Waals surface area contributed by atoms with E-state index >= 15 is 0 Å². The van der Waals surface area contributed by atoms with Crippen LogP contribution in [0.4, 0.5) is 13.2 Å². The molecule has 166 valence electrons. The molecule has 6 nitrogen and oxygen atoms in total. The molecule has 2 aliphatic rings. The maximum atomic E-state index is 12.9. The number of halogens is 3. The summed E-state index contributed by atoms with van der Waals surface area (Å²) in [6, 6.07) is 8.18. The number of alkyl halides is 3. The highest BCUT2D eigenvalue weighted by Gasteiger charge is 2.45. The molecule has 1 unspecified atom stereocenters. The van der Waals surface area contributed by atoms with Crippen molar-refractivity contribution in [3.63, 3.8) is 0 Å². The van der Waals surface area contributed by atoms with E-state index in [9.17, 15) is 27.9 Å². The van der Waals surface area contributed by atoms with Gasteiger partial charge in [-0.25, -0.2) is 0 Å². The minimum Gasteiger partial charge on any atom is -0.389 e. The highest BCUT2D eigenvalue weighted by atomic mass is 19.4. The van der Waals surface area contributed by atoms with Gasteiger partial charge in [-0.1, -0.05) is 24.3 Å². The van der Waals surface area contributed by atoms with Crippen molar-refractivity contribution in [3.8, 4) is 0 Å². The fourth-order valence-corrected chi connectivity index (χ4v) is 4.43. The molecule has 1 fully saturated rings. The lowest BCUT2D eigenvalue weighted by Crippen LogP contribution is -2.65. The molecule has 0 bridgehead atoms. The van der Waals surface area contributed by atoms with Gasteiger partial charge in [-0.15, -0.1) is 0 Å². The number of amides is 1. The quantitative estimate of drug-likeness (QED) is 0.759. The van der Waals surface area contributed by atoms with Crippen LogP contribution < -0.4 is 10.9 Å². The van der Waals surface area contributed by atoms with Crippen molar-refractivity contribution in [2.24, 2.45) is 0 Å². The van der Waals surface area contributed by atoms with E-state index in [1.54, 1.807) is 0 Å². The molecule has 4 rings (SSSR count). The summed E-state index contributed by atoms with van der Waals surface area (Å²) in [5.41, 5.74) is 0.947. The number of aliphatic hydroxyl groups excluding tert-OH is 1. The zero-order chi connectivity index (χ0) is 22.4. The minimum absolute atomic E-state index is 0.0146. The Kier molecular flexibility index (Phi) is 5.43. The van der Waals surface area contributed by atoms with Crippen LogP contribution in [0.3, 0.4) is 0 Å². The number of carbonyl (C=O) groups excluding carboxylic acids is 1. The zero-order valence-corrected chi connectivity index (χ0v) is 17.0. The summed E-state index contributed by atoms with van der Waals surface area (Å²) in [5.74, 6) is -0.478. The zero-order valence-electron chi connectivity index (χ0n) is 17.0. The fraction of sp³-hybridized carbons (Fsp3) is 0.455. The van der Waals surface area contributed by atoms with Crippen LogP contribution in [-0.2, 0) is 13.0 Å². The molecule has 1 spiro atoms. The van der Waals surface area contributed by atoms with Crippen LogP contribution in [0.25, 0.3) is 0 Å². The first-order valence-electron chi connectivity index (χ1n) is 10.2. The number of fused-ring (bicyclic) bond motifs is 1. The van der Waals surface area contributed by atoms with Crippen molar-refractivity contribution in [3.05, 3.63) is 69.6 Å². The van der Waals surface area contributed by atoms with Crippen LogP contribution >= 0.6 is 0 Å². The van der Waals surface area contributed by atoms with Gasteiger partial charge in [-0.2, -0.15) is 13.2 Å². The van der Waals surface area contributed by atoms with Gasteiger partial charge in [-0.05, 0) is 37.0 Å². The Hall–Kier alpha value is -2.65. The molecule has 1 saturated heterocycles. The van der Waals surface area contributed by atoms with Crippen molar-refractivity contribution >= 4 is 5.91 Å². The van der Waals surface area contributed by atoms with Gasteiger partial charge in [0.2, 0.25) is 0 Å². The molecule has 3 heterocycles.